The molecule has 17 heavy (non-hydrogen) atoms. The van der Waals surface area contributed by atoms with Crippen molar-refractivity contribution in [2.45, 2.75) is 18.7 Å². The van der Waals surface area contributed by atoms with Crippen LogP contribution in [0.25, 0.3) is 0 Å². The molecule has 0 aliphatic rings. The molecule has 0 fully saturated rings. The third-order valence-electron chi connectivity index (χ3n) is 2.52. The zero-order valence-electron chi connectivity index (χ0n) is 9.21. The molecule has 0 spiro atoms. The Morgan fingerprint density at radius 3 is 2.53 bits per heavy atom. The van der Waals surface area contributed by atoms with Crippen molar-refractivity contribution in [1.29, 1.82) is 0 Å². The second-order valence-corrected chi connectivity index (χ2v) is 6.17. The van der Waals surface area contributed by atoms with Crippen LogP contribution >= 0.6 is 46.1 Å². The number of hydrogen-bond acceptors (Lipinski definition) is 1. The molecule has 0 N–H and O–H groups in total. The maximum absolute atomic E-state index is 6.44. The zero-order valence-corrected chi connectivity index (χ0v) is 12.3. The van der Waals surface area contributed by atoms with Crippen molar-refractivity contribution in [2.24, 2.45) is 0 Å². The van der Waals surface area contributed by atoms with Crippen LogP contribution in [0.2, 0.25) is 10.0 Å². The van der Waals surface area contributed by atoms with Crippen molar-refractivity contribution in [3.05, 3.63) is 55.7 Å². The van der Waals surface area contributed by atoms with E-state index in [0.717, 1.165) is 16.9 Å². The molecule has 0 aliphatic heterocycles. The molecule has 0 nitrogen and oxygen atoms in total. The van der Waals surface area contributed by atoms with Gasteiger partial charge in [-0.2, -0.15) is 0 Å². The summed E-state index contributed by atoms with van der Waals surface area (Å²) >= 11 is 20.2. The Hall–Kier alpha value is -0.210. The molecule has 1 aromatic carbocycles. The summed E-state index contributed by atoms with van der Waals surface area (Å²) in [6.07, 6.45) is 1.03. The Labute approximate surface area is 120 Å². The smallest absolute Gasteiger partial charge is 0.0942 e. The maximum atomic E-state index is 6.44. The molecule has 1 aromatic heterocycles. The van der Waals surface area contributed by atoms with Gasteiger partial charge in [-0.05, 0) is 36.2 Å². The average Bonchev–Trinajstić information content (AvgIpc) is 2.76. The lowest BCUT2D eigenvalue weighted by atomic mass is 10.1. The Kier molecular flexibility index (Phi) is 4.37. The van der Waals surface area contributed by atoms with Gasteiger partial charge in [-0.25, -0.2) is 0 Å². The van der Waals surface area contributed by atoms with Gasteiger partial charge in [-0.3, -0.25) is 0 Å². The molecule has 90 valence electrons. The first-order valence-corrected chi connectivity index (χ1v) is 7.30. The van der Waals surface area contributed by atoms with Gasteiger partial charge in [0, 0.05) is 19.8 Å². The van der Waals surface area contributed by atoms with Gasteiger partial charge in [0.05, 0.1) is 5.38 Å². The van der Waals surface area contributed by atoms with E-state index in [1.165, 1.54) is 4.88 Å². The molecule has 0 saturated carbocycles. The number of benzene rings is 1. The van der Waals surface area contributed by atoms with E-state index in [1.807, 2.05) is 12.1 Å². The van der Waals surface area contributed by atoms with Crippen molar-refractivity contribution in [2.75, 3.05) is 0 Å². The van der Waals surface area contributed by atoms with E-state index >= 15 is 0 Å². The first-order chi connectivity index (χ1) is 8.11. The monoisotopic (exact) mass is 304 g/mol. The number of rotatable bonds is 3. The zero-order chi connectivity index (χ0) is 12.4. The highest BCUT2D eigenvalue weighted by molar-refractivity contribution is 7.12. The van der Waals surface area contributed by atoms with E-state index in [2.05, 4.69) is 19.1 Å². The first kappa shape index (κ1) is 13.2. The Bertz CT molecular complexity index is 519. The minimum absolute atomic E-state index is 0.204. The predicted octanol–water partition coefficient (Wildman–Crippen LogP) is 5.95. The molecule has 4 heteroatoms. The van der Waals surface area contributed by atoms with Gasteiger partial charge in [-0.1, -0.05) is 36.2 Å². The van der Waals surface area contributed by atoms with E-state index in [1.54, 1.807) is 17.4 Å². The van der Waals surface area contributed by atoms with E-state index in [4.69, 9.17) is 34.8 Å². The van der Waals surface area contributed by atoms with Gasteiger partial charge in [0.15, 0.2) is 0 Å². The highest BCUT2D eigenvalue weighted by atomic mass is 35.5. The molecule has 1 unspecified atom stereocenters. The van der Waals surface area contributed by atoms with E-state index in [0.29, 0.717) is 10.0 Å². The maximum Gasteiger partial charge on any atom is 0.0942 e. The van der Waals surface area contributed by atoms with Crippen LogP contribution in [0, 0.1) is 0 Å². The fraction of sp³-hybridized carbons (Fsp3) is 0.231. The Morgan fingerprint density at radius 1 is 1.18 bits per heavy atom. The summed E-state index contributed by atoms with van der Waals surface area (Å²) in [7, 11) is 0. The molecule has 0 bridgehead atoms. The van der Waals surface area contributed by atoms with Crippen molar-refractivity contribution in [3.63, 3.8) is 0 Å². The van der Waals surface area contributed by atoms with Gasteiger partial charge >= 0.3 is 0 Å². The first-order valence-electron chi connectivity index (χ1n) is 5.29. The summed E-state index contributed by atoms with van der Waals surface area (Å²) in [5, 5.41) is 1.04. The second kappa shape index (κ2) is 5.62. The summed E-state index contributed by atoms with van der Waals surface area (Å²) in [6, 6.07) is 9.59. The van der Waals surface area contributed by atoms with Crippen LogP contribution in [0.4, 0.5) is 0 Å². The molecule has 2 rings (SSSR count). The normalized spacial score (nSPS) is 12.7. The van der Waals surface area contributed by atoms with Crippen LogP contribution in [-0.4, -0.2) is 0 Å². The third-order valence-corrected chi connectivity index (χ3v) is 4.97. The lowest BCUT2D eigenvalue weighted by Gasteiger charge is -2.10. The summed E-state index contributed by atoms with van der Waals surface area (Å²) in [5.74, 6) is 0. The molecule has 0 radical (unpaired) electrons. The Morgan fingerprint density at radius 2 is 1.94 bits per heavy atom. The van der Waals surface area contributed by atoms with Crippen LogP contribution in [0.5, 0.6) is 0 Å². The minimum atomic E-state index is -0.204. The summed E-state index contributed by atoms with van der Waals surface area (Å²) in [6.45, 7) is 2.13. The van der Waals surface area contributed by atoms with E-state index in [9.17, 15) is 0 Å². The van der Waals surface area contributed by atoms with Crippen LogP contribution in [0.3, 0.4) is 0 Å². The molecule has 0 saturated heterocycles. The standard InChI is InChI=1S/C13H11Cl3S/c1-2-9-4-6-12(17-9)13(16)10-5-3-8(14)7-11(10)15/h3-7,13H,2H2,1H3. The molecule has 1 atom stereocenters. The quantitative estimate of drug-likeness (QED) is 0.615. The minimum Gasteiger partial charge on any atom is -0.143 e. The highest BCUT2D eigenvalue weighted by Crippen LogP contribution is 2.38. The summed E-state index contributed by atoms with van der Waals surface area (Å²) < 4.78 is 0. The number of thiophene rings is 1. The number of hydrogen-bond donors (Lipinski definition) is 0. The van der Waals surface area contributed by atoms with Crippen LogP contribution in [0.15, 0.2) is 30.3 Å². The highest BCUT2D eigenvalue weighted by Gasteiger charge is 2.16. The van der Waals surface area contributed by atoms with Gasteiger partial charge in [0.25, 0.3) is 0 Å². The third kappa shape index (κ3) is 2.97. The average molecular weight is 306 g/mol. The second-order valence-electron chi connectivity index (χ2n) is 3.69. The topological polar surface area (TPSA) is 0 Å². The molecular weight excluding hydrogens is 295 g/mol. The molecule has 0 aliphatic carbocycles. The van der Waals surface area contributed by atoms with Crippen LogP contribution < -0.4 is 0 Å². The number of halogens is 3. The fourth-order valence-electron chi connectivity index (χ4n) is 1.58. The van der Waals surface area contributed by atoms with Crippen molar-refractivity contribution in [3.8, 4) is 0 Å². The predicted molar refractivity (Wildman–Crippen MR) is 77.9 cm³/mol. The van der Waals surface area contributed by atoms with Crippen molar-refractivity contribution in [1.82, 2.24) is 0 Å². The summed E-state index contributed by atoms with van der Waals surface area (Å²) in [4.78, 5) is 2.45. The number of alkyl halides is 1. The van der Waals surface area contributed by atoms with Gasteiger partial charge in [0.1, 0.15) is 0 Å². The van der Waals surface area contributed by atoms with Gasteiger partial charge < -0.3 is 0 Å². The van der Waals surface area contributed by atoms with Crippen LogP contribution in [0.1, 0.15) is 27.6 Å². The largest absolute Gasteiger partial charge is 0.143 e. The lowest BCUT2D eigenvalue weighted by molar-refractivity contribution is 1.18. The summed E-state index contributed by atoms with van der Waals surface area (Å²) in [5.41, 5.74) is 0.905. The van der Waals surface area contributed by atoms with Crippen molar-refractivity contribution >= 4 is 46.1 Å². The van der Waals surface area contributed by atoms with Crippen LogP contribution in [-0.2, 0) is 6.42 Å². The molecular formula is C13H11Cl3S. The SMILES string of the molecule is CCc1ccc(C(Cl)c2ccc(Cl)cc2Cl)s1. The van der Waals surface area contributed by atoms with Gasteiger partial charge in [-0.15, -0.1) is 22.9 Å². The Balaban J connectivity index is 2.33. The van der Waals surface area contributed by atoms with Crippen molar-refractivity contribution < 1.29 is 0 Å². The molecule has 0 amide bonds. The lowest BCUT2D eigenvalue weighted by Crippen LogP contribution is -1.91. The molecule has 2 aromatic rings. The van der Waals surface area contributed by atoms with E-state index in [-0.39, 0.29) is 5.38 Å². The number of aryl methyl sites for hydroxylation is 1. The van der Waals surface area contributed by atoms with Gasteiger partial charge in [0.2, 0.25) is 0 Å². The van der Waals surface area contributed by atoms with E-state index < -0.39 is 0 Å². The fourth-order valence-corrected chi connectivity index (χ4v) is 3.50. The molecule has 1 heterocycles.